The van der Waals surface area contributed by atoms with Gasteiger partial charge in [0.2, 0.25) is 5.91 Å². The summed E-state index contributed by atoms with van der Waals surface area (Å²) in [6.07, 6.45) is 2.81. The van der Waals surface area contributed by atoms with Crippen LogP contribution in [-0.4, -0.2) is 34.9 Å². The zero-order chi connectivity index (χ0) is 14.5. The standard InChI is InChI=1S/C14H18FN3OS/c15-10-2-1-3-11(8-10)17-14(19)9-18(12-4-5-12)7-6-13(16)20/h1-3,8,12H,4-7,9H2,(H2,16,20)(H,17,19). The molecule has 0 saturated heterocycles. The van der Waals surface area contributed by atoms with Gasteiger partial charge in [-0.1, -0.05) is 18.3 Å². The highest BCUT2D eigenvalue weighted by atomic mass is 32.1. The van der Waals surface area contributed by atoms with Crippen molar-refractivity contribution < 1.29 is 9.18 Å². The molecule has 1 amide bonds. The molecule has 0 heterocycles. The van der Waals surface area contributed by atoms with Gasteiger partial charge in [-0.05, 0) is 31.0 Å². The summed E-state index contributed by atoms with van der Waals surface area (Å²) in [6.45, 7) is 0.973. The van der Waals surface area contributed by atoms with Gasteiger partial charge in [0, 0.05) is 24.7 Å². The molecule has 1 aliphatic rings. The van der Waals surface area contributed by atoms with Crippen LogP contribution in [0, 0.1) is 5.82 Å². The van der Waals surface area contributed by atoms with Crippen LogP contribution in [-0.2, 0) is 4.79 Å². The molecule has 1 aromatic carbocycles. The number of hydrogen-bond donors (Lipinski definition) is 2. The van der Waals surface area contributed by atoms with E-state index in [4.69, 9.17) is 18.0 Å². The van der Waals surface area contributed by atoms with Crippen LogP contribution in [0.3, 0.4) is 0 Å². The lowest BCUT2D eigenvalue weighted by molar-refractivity contribution is -0.117. The molecule has 6 heteroatoms. The highest BCUT2D eigenvalue weighted by molar-refractivity contribution is 7.80. The maximum Gasteiger partial charge on any atom is 0.238 e. The first-order chi connectivity index (χ1) is 9.54. The number of halogens is 1. The SMILES string of the molecule is NC(=S)CCN(CC(=O)Nc1cccc(F)c1)C1CC1. The second kappa shape index (κ2) is 6.76. The van der Waals surface area contributed by atoms with E-state index in [1.807, 2.05) is 0 Å². The molecule has 0 aromatic heterocycles. The van der Waals surface area contributed by atoms with E-state index in [9.17, 15) is 9.18 Å². The van der Waals surface area contributed by atoms with Crippen LogP contribution in [0.5, 0.6) is 0 Å². The van der Waals surface area contributed by atoms with Gasteiger partial charge in [-0.25, -0.2) is 4.39 Å². The number of nitrogens with zero attached hydrogens (tertiary/aromatic N) is 1. The van der Waals surface area contributed by atoms with Gasteiger partial charge < -0.3 is 11.1 Å². The first-order valence-corrected chi connectivity index (χ1v) is 7.03. The average molecular weight is 295 g/mol. The largest absolute Gasteiger partial charge is 0.393 e. The predicted molar refractivity (Wildman–Crippen MR) is 81.0 cm³/mol. The summed E-state index contributed by atoms with van der Waals surface area (Å²) < 4.78 is 13.0. The summed E-state index contributed by atoms with van der Waals surface area (Å²) in [5, 5.41) is 2.70. The number of carbonyl (C=O) groups excluding carboxylic acids is 1. The Morgan fingerprint density at radius 2 is 2.25 bits per heavy atom. The van der Waals surface area contributed by atoms with Crippen LogP contribution in [0.15, 0.2) is 24.3 Å². The Bertz CT molecular complexity index is 505. The number of carbonyl (C=O) groups is 1. The van der Waals surface area contributed by atoms with Gasteiger partial charge in [-0.2, -0.15) is 0 Å². The van der Waals surface area contributed by atoms with Crippen molar-refractivity contribution in [2.75, 3.05) is 18.4 Å². The minimum Gasteiger partial charge on any atom is -0.393 e. The minimum atomic E-state index is -0.365. The molecule has 20 heavy (non-hydrogen) atoms. The smallest absolute Gasteiger partial charge is 0.238 e. The number of hydrogen-bond acceptors (Lipinski definition) is 3. The quantitative estimate of drug-likeness (QED) is 0.754. The van der Waals surface area contributed by atoms with E-state index >= 15 is 0 Å². The summed E-state index contributed by atoms with van der Waals surface area (Å²) in [5.41, 5.74) is 5.97. The van der Waals surface area contributed by atoms with Crippen LogP contribution in [0.25, 0.3) is 0 Å². The number of nitrogens with two attached hydrogens (primary N) is 1. The summed E-state index contributed by atoms with van der Waals surface area (Å²) >= 11 is 4.86. The lowest BCUT2D eigenvalue weighted by atomic mass is 10.3. The molecule has 3 N–H and O–H groups in total. The van der Waals surface area contributed by atoms with Crippen molar-refractivity contribution in [3.63, 3.8) is 0 Å². The molecule has 0 unspecified atom stereocenters. The molecule has 0 radical (unpaired) electrons. The van der Waals surface area contributed by atoms with E-state index in [1.54, 1.807) is 12.1 Å². The number of amides is 1. The van der Waals surface area contributed by atoms with Gasteiger partial charge in [0.05, 0.1) is 11.5 Å². The van der Waals surface area contributed by atoms with Crippen molar-refractivity contribution in [2.24, 2.45) is 5.73 Å². The van der Waals surface area contributed by atoms with Crippen LogP contribution in [0.4, 0.5) is 10.1 Å². The van der Waals surface area contributed by atoms with Gasteiger partial charge in [0.25, 0.3) is 0 Å². The Kier molecular flexibility index (Phi) is 5.03. The topological polar surface area (TPSA) is 58.4 Å². The monoisotopic (exact) mass is 295 g/mol. The van der Waals surface area contributed by atoms with Crippen LogP contribution >= 0.6 is 12.2 Å². The summed E-state index contributed by atoms with van der Waals surface area (Å²) in [6, 6.07) is 6.32. The van der Waals surface area contributed by atoms with E-state index in [-0.39, 0.29) is 18.3 Å². The van der Waals surface area contributed by atoms with Crippen LogP contribution < -0.4 is 11.1 Å². The predicted octanol–water partition coefficient (Wildman–Crippen LogP) is 1.90. The van der Waals surface area contributed by atoms with Crippen molar-refractivity contribution in [1.29, 1.82) is 0 Å². The third-order valence-electron chi connectivity index (χ3n) is 3.16. The highest BCUT2D eigenvalue weighted by Crippen LogP contribution is 2.26. The van der Waals surface area contributed by atoms with E-state index in [0.717, 1.165) is 12.8 Å². The second-order valence-electron chi connectivity index (χ2n) is 4.98. The van der Waals surface area contributed by atoms with Crippen molar-refractivity contribution in [1.82, 2.24) is 4.90 Å². The molecule has 108 valence electrons. The molecular weight excluding hydrogens is 277 g/mol. The first-order valence-electron chi connectivity index (χ1n) is 6.62. The van der Waals surface area contributed by atoms with Gasteiger partial charge in [-0.3, -0.25) is 9.69 Å². The lowest BCUT2D eigenvalue weighted by Crippen LogP contribution is -2.36. The Labute approximate surface area is 123 Å². The lowest BCUT2D eigenvalue weighted by Gasteiger charge is -2.21. The van der Waals surface area contributed by atoms with E-state index in [1.165, 1.54) is 12.1 Å². The average Bonchev–Trinajstić information content (AvgIpc) is 3.18. The Balaban J connectivity index is 1.86. The molecule has 1 fully saturated rings. The molecule has 1 saturated carbocycles. The van der Waals surface area contributed by atoms with Crippen molar-refractivity contribution in [2.45, 2.75) is 25.3 Å². The van der Waals surface area contributed by atoms with E-state index in [2.05, 4.69) is 10.2 Å². The molecule has 2 rings (SSSR count). The van der Waals surface area contributed by atoms with Crippen molar-refractivity contribution >= 4 is 28.8 Å². The Morgan fingerprint density at radius 1 is 1.50 bits per heavy atom. The van der Waals surface area contributed by atoms with Gasteiger partial charge in [0.15, 0.2) is 0 Å². The molecule has 0 aliphatic heterocycles. The molecule has 0 spiro atoms. The third-order valence-corrected chi connectivity index (χ3v) is 3.37. The molecule has 0 bridgehead atoms. The summed E-state index contributed by atoms with van der Waals surface area (Å²) in [7, 11) is 0. The van der Waals surface area contributed by atoms with Gasteiger partial charge in [-0.15, -0.1) is 0 Å². The van der Waals surface area contributed by atoms with Gasteiger partial charge in [0.1, 0.15) is 5.82 Å². The molecular formula is C14H18FN3OS. The van der Waals surface area contributed by atoms with Crippen molar-refractivity contribution in [3.05, 3.63) is 30.1 Å². The normalized spacial score (nSPS) is 14.3. The molecule has 4 nitrogen and oxygen atoms in total. The minimum absolute atomic E-state index is 0.148. The number of anilines is 1. The highest BCUT2D eigenvalue weighted by Gasteiger charge is 2.29. The first kappa shape index (κ1) is 14.9. The maximum absolute atomic E-state index is 13.0. The maximum atomic E-state index is 13.0. The second-order valence-corrected chi connectivity index (χ2v) is 5.50. The van der Waals surface area contributed by atoms with Gasteiger partial charge >= 0.3 is 0 Å². The Hall–Kier alpha value is -1.53. The Morgan fingerprint density at radius 3 is 2.85 bits per heavy atom. The molecule has 0 atom stereocenters. The zero-order valence-electron chi connectivity index (χ0n) is 11.1. The molecule has 1 aliphatic carbocycles. The fraction of sp³-hybridized carbons (Fsp3) is 0.429. The number of nitrogens with one attached hydrogen (secondary N) is 1. The number of thiocarbonyl (C=S) groups is 1. The van der Waals surface area contributed by atoms with E-state index < -0.39 is 0 Å². The summed E-state index contributed by atoms with van der Waals surface area (Å²) in [4.78, 5) is 14.5. The van der Waals surface area contributed by atoms with Crippen molar-refractivity contribution in [3.8, 4) is 0 Å². The fourth-order valence-electron chi connectivity index (χ4n) is 2.04. The summed E-state index contributed by atoms with van der Waals surface area (Å²) in [5.74, 6) is -0.513. The zero-order valence-corrected chi connectivity index (χ0v) is 12.0. The van der Waals surface area contributed by atoms with Crippen LogP contribution in [0.1, 0.15) is 19.3 Å². The third kappa shape index (κ3) is 4.86. The molecule has 1 aromatic rings. The van der Waals surface area contributed by atoms with Crippen LogP contribution in [0.2, 0.25) is 0 Å². The number of benzene rings is 1. The number of rotatable bonds is 7. The fourth-order valence-corrected chi connectivity index (χ4v) is 2.13. The van der Waals surface area contributed by atoms with E-state index in [0.29, 0.717) is 29.7 Å².